The fraction of sp³-hybridized carbons (Fsp3) is 0.273. The van der Waals surface area contributed by atoms with E-state index in [4.69, 9.17) is 5.73 Å². The van der Waals surface area contributed by atoms with Crippen LogP contribution in [0.1, 0.15) is 11.1 Å². The van der Waals surface area contributed by atoms with Crippen molar-refractivity contribution in [1.82, 2.24) is 0 Å². The second-order valence-electron chi connectivity index (χ2n) is 2.90. The van der Waals surface area contributed by atoms with Gasteiger partial charge >= 0.3 is 0 Å². The molecule has 1 rings (SSSR count). The van der Waals surface area contributed by atoms with E-state index in [-0.39, 0.29) is 0 Å². The molecule has 12 heavy (non-hydrogen) atoms. The molecule has 0 fully saturated rings. The van der Waals surface area contributed by atoms with E-state index in [9.17, 15) is 0 Å². The Morgan fingerprint density at radius 2 is 2.17 bits per heavy atom. The maximum atomic E-state index is 5.34. The molecule has 1 nitrogen and oxygen atoms in total. The molecular weight excluding hydrogens is 146 g/mol. The van der Waals surface area contributed by atoms with Crippen LogP contribution in [0.3, 0.4) is 0 Å². The lowest BCUT2D eigenvalue weighted by Gasteiger charge is -1.97. The summed E-state index contributed by atoms with van der Waals surface area (Å²) in [5.74, 6) is 0. The molecule has 1 aromatic carbocycles. The first-order chi connectivity index (χ1) is 5.83. The van der Waals surface area contributed by atoms with Gasteiger partial charge in [0.1, 0.15) is 0 Å². The summed E-state index contributed by atoms with van der Waals surface area (Å²) < 4.78 is 0. The zero-order chi connectivity index (χ0) is 8.81. The zero-order valence-electron chi connectivity index (χ0n) is 7.46. The van der Waals surface area contributed by atoms with Gasteiger partial charge in [-0.3, -0.25) is 0 Å². The molecule has 0 aliphatic carbocycles. The monoisotopic (exact) mass is 161 g/mol. The van der Waals surface area contributed by atoms with Gasteiger partial charge in [-0.15, -0.1) is 0 Å². The summed E-state index contributed by atoms with van der Waals surface area (Å²) in [6.45, 7) is 2.74. The van der Waals surface area contributed by atoms with Gasteiger partial charge in [0.25, 0.3) is 0 Å². The topological polar surface area (TPSA) is 26.0 Å². The van der Waals surface area contributed by atoms with E-state index < -0.39 is 0 Å². The van der Waals surface area contributed by atoms with Crippen LogP contribution in [0.25, 0.3) is 0 Å². The smallest absolute Gasteiger partial charge is 0.0106 e. The van der Waals surface area contributed by atoms with E-state index >= 15 is 0 Å². The lowest BCUT2D eigenvalue weighted by Crippen LogP contribution is -1.92. The lowest BCUT2D eigenvalue weighted by atomic mass is 10.1. The summed E-state index contributed by atoms with van der Waals surface area (Å²) in [6.07, 6.45) is 5.08. The molecule has 0 amide bonds. The van der Waals surface area contributed by atoms with E-state index in [2.05, 4.69) is 37.3 Å². The van der Waals surface area contributed by atoms with Crippen LogP contribution in [0.15, 0.2) is 36.4 Å². The molecule has 0 aromatic heterocycles. The highest BCUT2D eigenvalue weighted by atomic mass is 14.5. The van der Waals surface area contributed by atoms with Crippen molar-refractivity contribution in [3.63, 3.8) is 0 Å². The molecule has 0 aliphatic rings. The van der Waals surface area contributed by atoms with Crippen LogP contribution in [0.5, 0.6) is 0 Å². The quantitative estimate of drug-likeness (QED) is 0.675. The predicted molar refractivity (Wildman–Crippen MR) is 53.1 cm³/mol. The molecule has 0 saturated heterocycles. The number of rotatable bonds is 3. The highest BCUT2D eigenvalue weighted by Crippen LogP contribution is 2.04. The Morgan fingerprint density at radius 3 is 2.83 bits per heavy atom. The van der Waals surface area contributed by atoms with Crippen LogP contribution < -0.4 is 5.73 Å². The fourth-order valence-corrected chi connectivity index (χ4v) is 1.15. The Kier molecular flexibility index (Phi) is 3.55. The Balaban J connectivity index is 2.57. The van der Waals surface area contributed by atoms with E-state index in [1.165, 1.54) is 11.1 Å². The lowest BCUT2D eigenvalue weighted by molar-refractivity contribution is 1.19. The van der Waals surface area contributed by atoms with Gasteiger partial charge in [0.05, 0.1) is 0 Å². The average molecular weight is 161 g/mol. The minimum Gasteiger partial charge on any atom is -0.327 e. The predicted octanol–water partition coefficient (Wildman–Crippen LogP) is 2.05. The molecule has 1 aromatic rings. The molecule has 0 bridgehead atoms. The maximum Gasteiger partial charge on any atom is 0.0106 e. The van der Waals surface area contributed by atoms with E-state index in [1.54, 1.807) is 0 Å². The standard InChI is InChI=1S/C11H15N/c1-10-5-4-7-11(9-10)6-2-3-8-12/h2-5,7,9H,6,8,12H2,1H3/b3-2+. The van der Waals surface area contributed by atoms with Gasteiger partial charge in [-0.2, -0.15) is 0 Å². The van der Waals surface area contributed by atoms with Gasteiger partial charge in [-0.05, 0) is 18.9 Å². The Hall–Kier alpha value is -1.08. The first-order valence-electron chi connectivity index (χ1n) is 4.23. The Labute approximate surface area is 73.9 Å². The largest absolute Gasteiger partial charge is 0.327 e. The van der Waals surface area contributed by atoms with Crippen molar-refractivity contribution in [2.45, 2.75) is 13.3 Å². The van der Waals surface area contributed by atoms with Crippen molar-refractivity contribution in [3.8, 4) is 0 Å². The van der Waals surface area contributed by atoms with Gasteiger partial charge in [0.2, 0.25) is 0 Å². The summed E-state index contributed by atoms with van der Waals surface area (Å²) in [4.78, 5) is 0. The van der Waals surface area contributed by atoms with Crippen LogP contribution in [0.2, 0.25) is 0 Å². The molecule has 1 heteroatoms. The minimum atomic E-state index is 0.631. The summed E-state index contributed by atoms with van der Waals surface area (Å²) in [6, 6.07) is 8.52. The molecule has 0 radical (unpaired) electrons. The number of allylic oxidation sites excluding steroid dienone is 1. The zero-order valence-corrected chi connectivity index (χ0v) is 7.46. The molecule has 64 valence electrons. The third-order valence-electron chi connectivity index (χ3n) is 1.74. The third kappa shape index (κ3) is 2.89. The number of hydrogen-bond acceptors (Lipinski definition) is 1. The normalized spacial score (nSPS) is 10.8. The van der Waals surface area contributed by atoms with Crippen molar-refractivity contribution >= 4 is 0 Å². The number of aryl methyl sites for hydroxylation is 1. The Morgan fingerprint density at radius 1 is 1.33 bits per heavy atom. The first kappa shape index (κ1) is 9.01. The molecule has 0 aliphatic heterocycles. The van der Waals surface area contributed by atoms with Crippen molar-refractivity contribution in [2.75, 3.05) is 6.54 Å². The van der Waals surface area contributed by atoms with Gasteiger partial charge in [-0.1, -0.05) is 42.0 Å². The molecule has 0 spiro atoms. The molecule has 2 N–H and O–H groups in total. The summed E-state index contributed by atoms with van der Waals surface area (Å²) in [7, 11) is 0. The van der Waals surface area contributed by atoms with Gasteiger partial charge in [0, 0.05) is 6.54 Å². The molecular formula is C11H15N. The average Bonchev–Trinajstić information content (AvgIpc) is 2.05. The van der Waals surface area contributed by atoms with E-state index in [0.29, 0.717) is 6.54 Å². The SMILES string of the molecule is Cc1cccc(C/C=C/CN)c1. The number of hydrogen-bond donors (Lipinski definition) is 1. The van der Waals surface area contributed by atoms with Crippen molar-refractivity contribution in [1.29, 1.82) is 0 Å². The van der Waals surface area contributed by atoms with Crippen molar-refractivity contribution in [2.24, 2.45) is 5.73 Å². The summed E-state index contributed by atoms with van der Waals surface area (Å²) in [5.41, 5.74) is 8.00. The second kappa shape index (κ2) is 4.73. The molecule has 0 saturated carbocycles. The summed E-state index contributed by atoms with van der Waals surface area (Å²) >= 11 is 0. The number of benzene rings is 1. The van der Waals surface area contributed by atoms with Crippen molar-refractivity contribution < 1.29 is 0 Å². The third-order valence-corrected chi connectivity index (χ3v) is 1.74. The molecule has 0 heterocycles. The van der Waals surface area contributed by atoms with Crippen LogP contribution in [-0.4, -0.2) is 6.54 Å². The molecule has 0 unspecified atom stereocenters. The highest BCUT2D eigenvalue weighted by Gasteiger charge is 1.88. The van der Waals surface area contributed by atoms with Crippen molar-refractivity contribution in [3.05, 3.63) is 47.5 Å². The van der Waals surface area contributed by atoms with E-state index in [0.717, 1.165) is 6.42 Å². The van der Waals surface area contributed by atoms with Gasteiger partial charge in [0.15, 0.2) is 0 Å². The minimum absolute atomic E-state index is 0.631. The second-order valence-corrected chi connectivity index (χ2v) is 2.90. The maximum absolute atomic E-state index is 5.34. The van der Waals surface area contributed by atoms with E-state index in [1.807, 2.05) is 6.08 Å². The van der Waals surface area contributed by atoms with Crippen LogP contribution in [-0.2, 0) is 6.42 Å². The van der Waals surface area contributed by atoms with Gasteiger partial charge < -0.3 is 5.73 Å². The van der Waals surface area contributed by atoms with Gasteiger partial charge in [-0.25, -0.2) is 0 Å². The highest BCUT2D eigenvalue weighted by molar-refractivity contribution is 5.23. The van der Waals surface area contributed by atoms with Crippen LogP contribution in [0, 0.1) is 6.92 Å². The first-order valence-corrected chi connectivity index (χ1v) is 4.23. The molecule has 0 atom stereocenters. The fourth-order valence-electron chi connectivity index (χ4n) is 1.15. The Bertz CT molecular complexity index is 263. The van der Waals surface area contributed by atoms with Crippen LogP contribution in [0.4, 0.5) is 0 Å². The number of nitrogens with two attached hydrogens (primary N) is 1. The van der Waals surface area contributed by atoms with Crippen LogP contribution >= 0.6 is 0 Å². The summed E-state index contributed by atoms with van der Waals surface area (Å²) in [5, 5.41) is 0.